The van der Waals surface area contributed by atoms with Gasteiger partial charge in [-0.15, -0.1) is 0 Å². The molecular weight excluding hydrogens is 296 g/mol. The van der Waals surface area contributed by atoms with Crippen LogP contribution in [-0.4, -0.2) is 28.5 Å². The topological polar surface area (TPSA) is 66.9 Å². The molecular formula is C12H19BrN4O. The summed E-state index contributed by atoms with van der Waals surface area (Å²) in [5, 5.41) is 5.83. The van der Waals surface area contributed by atoms with Gasteiger partial charge in [-0.05, 0) is 29.8 Å². The van der Waals surface area contributed by atoms with E-state index in [1.807, 2.05) is 20.8 Å². The van der Waals surface area contributed by atoms with Crippen molar-refractivity contribution in [3.8, 4) is 0 Å². The van der Waals surface area contributed by atoms with Crippen LogP contribution in [0.25, 0.3) is 0 Å². The fourth-order valence-corrected chi connectivity index (χ4v) is 1.78. The van der Waals surface area contributed by atoms with Crippen molar-refractivity contribution < 1.29 is 4.79 Å². The van der Waals surface area contributed by atoms with Crippen molar-refractivity contribution in [3.05, 3.63) is 16.5 Å². The molecule has 1 atom stereocenters. The van der Waals surface area contributed by atoms with Crippen LogP contribution >= 0.6 is 15.9 Å². The molecule has 5 nitrogen and oxygen atoms in total. The first-order chi connectivity index (χ1) is 8.43. The molecule has 0 saturated heterocycles. The summed E-state index contributed by atoms with van der Waals surface area (Å²) in [4.78, 5) is 20.3. The highest BCUT2D eigenvalue weighted by atomic mass is 79.9. The first kappa shape index (κ1) is 14.9. The Morgan fingerprint density at radius 1 is 1.39 bits per heavy atom. The van der Waals surface area contributed by atoms with Gasteiger partial charge < -0.3 is 10.6 Å². The summed E-state index contributed by atoms with van der Waals surface area (Å²) in [5.41, 5.74) is 0. The van der Waals surface area contributed by atoms with Crippen LogP contribution < -0.4 is 10.6 Å². The van der Waals surface area contributed by atoms with Gasteiger partial charge in [-0.2, -0.15) is 0 Å². The van der Waals surface area contributed by atoms with E-state index in [-0.39, 0.29) is 17.9 Å². The molecule has 0 aliphatic carbocycles. The normalized spacial score (nSPS) is 12.3. The van der Waals surface area contributed by atoms with Crippen LogP contribution in [0.4, 0.5) is 5.82 Å². The number of carbonyl (C=O) groups is 1. The highest BCUT2D eigenvalue weighted by molar-refractivity contribution is 9.10. The lowest BCUT2D eigenvalue weighted by atomic mass is 10.2. The summed E-state index contributed by atoms with van der Waals surface area (Å²) in [6, 6.07) is 1.44. The van der Waals surface area contributed by atoms with Gasteiger partial charge in [-0.3, -0.25) is 4.79 Å². The molecule has 2 N–H and O–H groups in total. The molecule has 1 rings (SSSR count). The zero-order chi connectivity index (χ0) is 13.7. The summed E-state index contributed by atoms with van der Waals surface area (Å²) in [5.74, 6) is 1.59. The minimum Gasteiger partial charge on any atom is -0.358 e. The monoisotopic (exact) mass is 314 g/mol. The van der Waals surface area contributed by atoms with Gasteiger partial charge in [0.15, 0.2) is 0 Å². The van der Waals surface area contributed by atoms with Crippen molar-refractivity contribution in [3.63, 3.8) is 0 Å². The number of amides is 1. The molecule has 0 bridgehead atoms. The van der Waals surface area contributed by atoms with E-state index in [2.05, 4.69) is 36.5 Å². The van der Waals surface area contributed by atoms with Crippen LogP contribution in [0, 0.1) is 0 Å². The van der Waals surface area contributed by atoms with Crippen LogP contribution in [0.15, 0.2) is 10.7 Å². The van der Waals surface area contributed by atoms with Gasteiger partial charge in [-0.25, -0.2) is 9.97 Å². The van der Waals surface area contributed by atoms with E-state index < -0.39 is 0 Å². The zero-order valence-electron chi connectivity index (χ0n) is 11.1. The fourth-order valence-electron chi connectivity index (χ4n) is 1.38. The minimum atomic E-state index is -0.327. The maximum atomic E-state index is 11.6. The van der Waals surface area contributed by atoms with Crippen molar-refractivity contribution >= 4 is 27.7 Å². The Bertz CT molecular complexity index is 423. The Morgan fingerprint density at radius 3 is 2.61 bits per heavy atom. The summed E-state index contributed by atoms with van der Waals surface area (Å²) in [6.07, 6.45) is 0. The Kier molecular flexibility index (Phi) is 5.53. The average Bonchev–Trinajstić information content (AvgIpc) is 2.28. The summed E-state index contributed by atoms with van der Waals surface area (Å²) >= 11 is 3.35. The standard InChI is InChI=1S/C12H19BrN4O/c1-5-14-12(18)8(4)15-10-6-9(13)16-11(17-10)7(2)3/h6-8H,5H2,1-4H3,(H,14,18)(H,15,16,17). The molecule has 1 aromatic rings. The van der Waals surface area contributed by atoms with E-state index in [1.165, 1.54) is 0 Å². The number of likely N-dealkylation sites (N-methyl/N-ethyl adjacent to an activating group) is 1. The van der Waals surface area contributed by atoms with Gasteiger partial charge in [0.1, 0.15) is 22.3 Å². The number of hydrogen-bond donors (Lipinski definition) is 2. The van der Waals surface area contributed by atoms with Crippen LogP contribution in [-0.2, 0) is 4.79 Å². The number of halogens is 1. The van der Waals surface area contributed by atoms with Gasteiger partial charge in [0.2, 0.25) is 5.91 Å². The van der Waals surface area contributed by atoms with Gasteiger partial charge >= 0.3 is 0 Å². The molecule has 0 fully saturated rings. The zero-order valence-corrected chi connectivity index (χ0v) is 12.7. The molecule has 0 saturated carbocycles. The Hall–Kier alpha value is -1.17. The van der Waals surface area contributed by atoms with Crippen molar-refractivity contribution in [2.24, 2.45) is 0 Å². The number of hydrogen-bond acceptors (Lipinski definition) is 4. The first-order valence-electron chi connectivity index (χ1n) is 6.02. The lowest BCUT2D eigenvalue weighted by Crippen LogP contribution is -2.37. The molecule has 6 heteroatoms. The summed E-state index contributed by atoms with van der Waals surface area (Å²) in [7, 11) is 0. The molecule has 100 valence electrons. The molecule has 0 radical (unpaired) electrons. The van der Waals surface area contributed by atoms with E-state index in [0.29, 0.717) is 17.0 Å². The van der Waals surface area contributed by atoms with Crippen LogP contribution in [0.3, 0.4) is 0 Å². The highest BCUT2D eigenvalue weighted by Gasteiger charge is 2.13. The number of rotatable bonds is 5. The number of anilines is 1. The Balaban J connectivity index is 2.81. The molecule has 0 aliphatic rings. The maximum Gasteiger partial charge on any atom is 0.242 e. The van der Waals surface area contributed by atoms with Gasteiger partial charge in [0, 0.05) is 18.5 Å². The molecule has 1 amide bonds. The second-order valence-corrected chi connectivity index (χ2v) is 5.16. The number of nitrogens with one attached hydrogen (secondary N) is 2. The number of carbonyl (C=O) groups excluding carboxylic acids is 1. The molecule has 1 unspecified atom stereocenters. The van der Waals surface area contributed by atoms with E-state index in [4.69, 9.17) is 0 Å². The predicted octanol–water partition coefficient (Wildman–Crippen LogP) is 2.30. The molecule has 1 aromatic heterocycles. The molecule has 0 spiro atoms. The third-order valence-corrected chi connectivity index (χ3v) is 2.74. The largest absolute Gasteiger partial charge is 0.358 e. The van der Waals surface area contributed by atoms with Crippen LogP contribution in [0.1, 0.15) is 39.4 Å². The van der Waals surface area contributed by atoms with Crippen molar-refractivity contribution in [1.82, 2.24) is 15.3 Å². The van der Waals surface area contributed by atoms with Crippen LogP contribution in [0.2, 0.25) is 0 Å². The molecule has 0 aliphatic heterocycles. The van der Waals surface area contributed by atoms with Crippen molar-refractivity contribution in [2.45, 2.75) is 39.7 Å². The molecule has 18 heavy (non-hydrogen) atoms. The second-order valence-electron chi connectivity index (χ2n) is 4.35. The lowest BCUT2D eigenvalue weighted by molar-refractivity contribution is -0.121. The third kappa shape index (κ3) is 4.25. The van der Waals surface area contributed by atoms with E-state index in [0.717, 1.165) is 5.82 Å². The number of nitrogens with zero attached hydrogens (tertiary/aromatic N) is 2. The van der Waals surface area contributed by atoms with E-state index >= 15 is 0 Å². The predicted molar refractivity (Wildman–Crippen MR) is 75.6 cm³/mol. The molecule has 1 heterocycles. The van der Waals surface area contributed by atoms with E-state index in [9.17, 15) is 4.79 Å². The highest BCUT2D eigenvalue weighted by Crippen LogP contribution is 2.17. The van der Waals surface area contributed by atoms with Crippen LogP contribution in [0.5, 0.6) is 0 Å². The SMILES string of the molecule is CCNC(=O)C(C)Nc1cc(Br)nc(C(C)C)n1. The van der Waals surface area contributed by atoms with Gasteiger partial charge in [0.05, 0.1) is 0 Å². The summed E-state index contributed by atoms with van der Waals surface area (Å²) < 4.78 is 0.715. The second kappa shape index (κ2) is 6.68. The third-order valence-electron chi connectivity index (χ3n) is 2.34. The smallest absolute Gasteiger partial charge is 0.242 e. The minimum absolute atomic E-state index is 0.0432. The average molecular weight is 315 g/mol. The summed E-state index contributed by atoms with van der Waals surface area (Å²) in [6.45, 7) is 8.37. The Morgan fingerprint density at radius 2 is 2.06 bits per heavy atom. The van der Waals surface area contributed by atoms with Gasteiger partial charge in [-0.1, -0.05) is 13.8 Å². The van der Waals surface area contributed by atoms with Gasteiger partial charge in [0.25, 0.3) is 0 Å². The molecule has 0 aromatic carbocycles. The first-order valence-corrected chi connectivity index (χ1v) is 6.82. The fraction of sp³-hybridized carbons (Fsp3) is 0.583. The quantitative estimate of drug-likeness (QED) is 0.818. The maximum absolute atomic E-state index is 11.6. The van der Waals surface area contributed by atoms with Crippen molar-refractivity contribution in [2.75, 3.05) is 11.9 Å². The van der Waals surface area contributed by atoms with Crippen molar-refractivity contribution in [1.29, 1.82) is 0 Å². The van der Waals surface area contributed by atoms with E-state index in [1.54, 1.807) is 13.0 Å². The number of aromatic nitrogens is 2. The lowest BCUT2D eigenvalue weighted by Gasteiger charge is -2.15. The Labute approximate surface area is 116 Å².